The Morgan fingerprint density at radius 3 is 2.35 bits per heavy atom. The molecule has 1 heterocycles. The van der Waals surface area contributed by atoms with Gasteiger partial charge in [0.25, 0.3) is 0 Å². The third-order valence-corrected chi connectivity index (χ3v) is 4.49. The van der Waals surface area contributed by atoms with Gasteiger partial charge in [-0.25, -0.2) is 14.8 Å². The van der Waals surface area contributed by atoms with Crippen LogP contribution in [-0.2, 0) is 4.79 Å². The average molecular weight is 431 g/mol. The first-order valence-electron chi connectivity index (χ1n) is 10.1. The summed E-state index contributed by atoms with van der Waals surface area (Å²) in [4.78, 5) is 33.8. The first-order chi connectivity index (χ1) is 14.6. The smallest absolute Gasteiger partial charge is 0.408 e. The molecule has 0 saturated carbocycles. The molecule has 0 radical (unpaired) electrons. The maximum Gasteiger partial charge on any atom is 0.408 e. The van der Waals surface area contributed by atoms with E-state index >= 15 is 0 Å². The van der Waals surface area contributed by atoms with Gasteiger partial charge in [0.1, 0.15) is 17.5 Å². The summed E-state index contributed by atoms with van der Waals surface area (Å²) in [6.45, 7) is 11.4. The quantitative estimate of drug-likeness (QED) is 0.635. The largest absolute Gasteiger partial charge is 0.493 e. The fraction of sp³-hybridized carbons (Fsp3) is 0.455. The van der Waals surface area contributed by atoms with Crippen molar-refractivity contribution in [2.75, 3.05) is 11.9 Å². The highest BCUT2D eigenvalue weighted by atomic mass is 16.5. The molecule has 9 nitrogen and oxygen atoms in total. The van der Waals surface area contributed by atoms with Gasteiger partial charge in [-0.1, -0.05) is 13.0 Å². The molecule has 2 aromatic rings. The molecule has 0 aliphatic rings. The SMILES string of the molecule is CCOc1cc(Oc2ncc(NC(=O)[C@@H](CC)N(C(=O)O)C(C)(C)C)cn2)ccc1C. The number of nitrogens with one attached hydrogen (secondary N) is 1. The Balaban J connectivity index is 2.10. The molecule has 0 bridgehead atoms. The summed E-state index contributed by atoms with van der Waals surface area (Å²) in [5.74, 6) is 0.799. The highest BCUT2D eigenvalue weighted by Gasteiger charge is 2.36. The van der Waals surface area contributed by atoms with Crippen molar-refractivity contribution < 1.29 is 24.2 Å². The standard InChI is InChI=1S/C22H30N4O5/c1-7-17(26(21(28)29)22(4,5)6)19(27)25-15-12-23-20(24-13-15)31-16-10-9-14(3)18(11-16)30-8-2/h9-13,17H,7-8H2,1-6H3,(H,25,27)(H,28,29)/t17-/m1/s1. The molecule has 31 heavy (non-hydrogen) atoms. The van der Waals surface area contributed by atoms with Crippen LogP contribution in [0.1, 0.15) is 46.6 Å². The molecule has 2 rings (SSSR count). The lowest BCUT2D eigenvalue weighted by molar-refractivity contribution is -0.122. The van der Waals surface area contributed by atoms with Crippen LogP contribution in [0.25, 0.3) is 0 Å². The van der Waals surface area contributed by atoms with E-state index in [1.165, 1.54) is 12.4 Å². The monoisotopic (exact) mass is 430 g/mol. The van der Waals surface area contributed by atoms with Gasteiger partial charge >= 0.3 is 12.1 Å². The van der Waals surface area contributed by atoms with E-state index in [1.54, 1.807) is 39.8 Å². The zero-order valence-electron chi connectivity index (χ0n) is 18.8. The lowest BCUT2D eigenvalue weighted by atomic mass is 10.0. The molecule has 2 N–H and O–H groups in total. The van der Waals surface area contributed by atoms with E-state index in [0.29, 0.717) is 24.5 Å². The predicted octanol–water partition coefficient (Wildman–Crippen LogP) is 4.47. The van der Waals surface area contributed by atoms with Gasteiger partial charge in [-0.3, -0.25) is 9.69 Å². The summed E-state index contributed by atoms with van der Waals surface area (Å²) >= 11 is 0. The van der Waals surface area contributed by atoms with E-state index in [4.69, 9.17) is 9.47 Å². The molecule has 0 fully saturated rings. The van der Waals surface area contributed by atoms with Crippen molar-refractivity contribution in [3.8, 4) is 17.5 Å². The lowest BCUT2D eigenvalue weighted by Gasteiger charge is -2.38. The predicted molar refractivity (Wildman–Crippen MR) is 117 cm³/mol. The van der Waals surface area contributed by atoms with Crippen molar-refractivity contribution in [1.29, 1.82) is 0 Å². The molecule has 9 heteroatoms. The second kappa shape index (κ2) is 10.1. The Morgan fingerprint density at radius 2 is 1.84 bits per heavy atom. The first-order valence-corrected chi connectivity index (χ1v) is 10.1. The maximum atomic E-state index is 12.7. The highest BCUT2D eigenvalue weighted by Crippen LogP contribution is 2.27. The van der Waals surface area contributed by atoms with Gasteiger partial charge in [0.05, 0.1) is 24.7 Å². The first kappa shape index (κ1) is 23.9. The van der Waals surface area contributed by atoms with Crippen LogP contribution in [0.2, 0.25) is 0 Å². The number of anilines is 1. The zero-order chi connectivity index (χ0) is 23.2. The number of carbonyl (C=O) groups is 2. The number of nitrogens with zero attached hydrogens (tertiary/aromatic N) is 3. The summed E-state index contributed by atoms with van der Waals surface area (Å²) in [5, 5.41) is 12.2. The van der Waals surface area contributed by atoms with E-state index in [-0.39, 0.29) is 6.01 Å². The Labute approximate surface area is 182 Å². The van der Waals surface area contributed by atoms with Crippen LogP contribution in [0.15, 0.2) is 30.6 Å². The molecule has 0 aliphatic carbocycles. The number of rotatable bonds is 8. The second-order valence-electron chi connectivity index (χ2n) is 7.95. The van der Waals surface area contributed by atoms with Gasteiger partial charge < -0.3 is 19.9 Å². The summed E-state index contributed by atoms with van der Waals surface area (Å²) in [6, 6.07) is 4.69. The van der Waals surface area contributed by atoms with Crippen molar-refractivity contribution in [2.45, 2.75) is 59.5 Å². The molecule has 0 aliphatic heterocycles. The molecular weight excluding hydrogens is 400 g/mol. The number of hydrogen-bond donors (Lipinski definition) is 2. The van der Waals surface area contributed by atoms with E-state index in [9.17, 15) is 14.7 Å². The fourth-order valence-electron chi connectivity index (χ4n) is 3.09. The third kappa shape index (κ3) is 6.31. The molecule has 2 amide bonds. The normalized spacial score (nSPS) is 12.1. The van der Waals surface area contributed by atoms with E-state index in [1.807, 2.05) is 19.9 Å². The van der Waals surface area contributed by atoms with Crippen LogP contribution < -0.4 is 14.8 Å². The summed E-state index contributed by atoms with van der Waals surface area (Å²) < 4.78 is 11.2. The maximum absolute atomic E-state index is 12.7. The summed E-state index contributed by atoms with van der Waals surface area (Å²) in [5.41, 5.74) is 0.602. The second-order valence-corrected chi connectivity index (χ2v) is 7.95. The number of aryl methyl sites for hydroxylation is 1. The lowest BCUT2D eigenvalue weighted by Crippen LogP contribution is -2.55. The van der Waals surface area contributed by atoms with Crippen molar-refractivity contribution in [3.05, 3.63) is 36.2 Å². The van der Waals surface area contributed by atoms with E-state index in [0.717, 1.165) is 16.2 Å². The minimum absolute atomic E-state index is 0.109. The highest BCUT2D eigenvalue weighted by molar-refractivity contribution is 5.96. The number of hydrogen-bond acceptors (Lipinski definition) is 6. The molecule has 0 saturated heterocycles. The van der Waals surface area contributed by atoms with Crippen molar-refractivity contribution in [3.63, 3.8) is 0 Å². The number of carbonyl (C=O) groups excluding carboxylic acids is 1. The number of carboxylic acid groups (broad SMARTS) is 1. The Bertz CT molecular complexity index is 909. The molecule has 1 aromatic heterocycles. The molecule has 0 unspecified atom stereocenters. The van der Waals surface area contributed by atoms with Crippen molar-refractivity contribution >= 4 is 17.7 Å². The van der Waals surface area contributed by atoms with Gasteiger partial charge in [-0.05, 0) is 52.7 Å². The molecule has 0 spiro atoms. The average Bonchev–Trinajstić information content (AvgIpc) is 2.68. The van der Waals surface area contributed by atoms with Gasteiger partial charge in [0.2, 0.25) is 5.91 Å². The van der Waals surface area contributed by atoms with Gasteiger partial charge in [-0.15, -0.1) is 0 Å². The van der Waals surface area contributed by atoms with Gasteiger partial charge in [-0.2, -0.15) is 0 Å². The van der Waals surface area contributed by atoms with E-state index in [2.05, 4.69) is 15.3 Å². The van der Waals surface area contributed by atoms with Crippen molar-refractivity contribution in [1.82, 2.24) is 14.9 Å². The number of ether oxygens (including phenoxy) is 2. The molecular formula is C22H30N4O5. The van der Waals surface area contributed by atoms with Crippen LogP contribution in [0.4, 0.5) is 10.5 Å². The van der Waals surface area contributed by atoms with E-state index < -0.39 is 23.6 Å². The summed E-state index contributed by atoms with van der Waals surface area (Å²) in [6.07, 6.45) is 1.99. The van der Waals surface area contributed by atoms with Gasteiger partial charge in [0, 0.05) is 11.6 Å². The fourth-order valence-corrected chi connectivity index (χ4v) is 3.09. The molecule has 1 aromatic carbocycles. The topological polar surface area (TPSA) is 114 Å². The van der Waals surface area contributed by atoms with Crippen molar-refractivity contribution in [2.24, 2.45) is 0 Å². The van der Waals surface area contributed by atoms with Crippen LogP contribution in [-0.4, -0.2) is 50.2 Å². The minimum atomic E-state index is -1.15. The Morgan fingerprint density at radius 1 is 1.19 bits per heavy atom. The zero-order valence-corrected chi connectivity index (χ0v) is 18.8. The Hall–Kier alpha value is -3.36. The molecule has 1 atom stereocenters. The van der Waals surface area contributed by atoms with Crippen LogP contribution in [0.5, 0.6) is 17.5 Å². The molecule has 168 valence electrons. The third-order valence-electron chi connectivity index (χ3n) is 4.49. The minimum Gasteiger partial charge on any atom is -0.493 e. The number of amides is 2. The number of benzene rings is 1. The van der Waals surface area contributed by atoms with Crippen LogP contribution in [0.3, 0.4) is 0 Å². The Kier molecular flexibility index (Phi) is 7.79. The number of aromatic nitrogens is 2. The van der Waals surface area contributed by atoms with Gasteiger partial charge in [0.15, 0.2) is 0 Å². The van der Waals surface area contributed by atoms with Crippen LogP contribution >= 0.6 is 0 Å². The van der Waals surface area contributed by atoms with Crippen LogP contribution in [0, 0.1) is 6.92 Å². The summed E-state index contributed by atoms with van der Waals surface area (Å²) in [7, 11) is 0.